The first kappa shape index (κ1) is 15.4. The zero-order valence-electron chi connectivity index (χ0n) is 11.9. The third kappa shape index (κ3) is 3.36. The molecule has 1 aliphatic rings. The van der Waals surface area contributed by atoms with Crippen molar-refractivity contribution in [2.45, 2.75) is 38.9 Å². The van der Waals surface area contributed by atoms with Crippen molar-refractivity contribution in [2.75, 3.05) is 7.11 Å². The average molecular weight is 301 g/mol. The fourth-order valence-electron chi connectivity index (χ4n) is 2.17. The zero-order chi connectivity index (χ0) is 15.0. The maximum atomic E-state index is 11.6. The second kappa shape index (κ2) is 5.42. The van der Waals surface area contributed by atoms with Gasteiger partial charge in [-0.1, -0.05) is 24.3 Å². The Bertz CT molecular complexity index is 584. The Labute approximate surface area is 119 Å². The van der Waals surface area contributed by atoms with Crippen molar-refractivity contribution in [2.24, 2.45) is 0 Å². The van der Waals surface area contributed by atoms with Gasteiger partial charge < -0.3 is 9.47 Å². The minimum absolute atomic E-state index is 0.531. The number of hydrogen-bond donors (Lipinski definition) is 1. The van der Waals surface area contributed by atoms with Gasteiger partial charge in [-0.25, -0.2) is 0 Å². The van der Waals surface area contributed by atoms with Crippen LogP contribution < -0.4 is 4.72 Å². The third-order valence-electron chi connectivity index (χ3n) is 3.07. The molecule has 1 fully saturated rings. The van der Waals surface area contributed by atoms with Gasteiger partial charge in [0.05, 0.1) is 7.11 Å². The van der Waals surface area contributed by atoms with E-state index in [4.69, 9.17) is 9.47 Å². The van der Waals surface area contributed by atoms with E-state index < -0.39 is 28.4 Å². The van der Waals surface area contributed by atoms with Gasteiger partial charge in [0.25, 0.3) is 0 Å². The minimum atomic E-state index is -3.86. The number of aryl methyl sites for hydroxylation is 1. The van der Waals surface area contributed by atoms with E-state index in [9.17, 15) is 8.42 Å². The predicted octanol–water partition coefficient (Wildman–Crippen LogP) is 1.63. The van der Waals surface area contributed by atoms with E-state index in [-0.39, 0.29) is 0 Å². The molecule has 0 saturated carbocycles. The van der Waals surface area contributed by atoms with E-state index in [1.165, 1.54) is 0 Å². The predicted molar refractivity (Wildman–Crippen MR) is 73.0 cm³/mol. The SMILES string of the molecule is COS(=O)(=O)NC1OC(C)(C)OC1c1ccccc1C. The van der Waals surface area contributed by atoms with E-state index in [2.05, 4.69) is 8.91 Å². The molecule has 112 valence electrons. The molecule has 7 heteroatoms. The molecule has 2 rings (SSSR count). The summed E-state index contributed by atoms with van der Waals surface area (Å²) in [5.74, 6) is -0.881. The Morgan fingerprint density at radius 1 is 1.25 bits per heavy atom. The average Bonchev–Trinajstić information content (AvgIpc) is 2.64. The van der Waals surface area contributed by atoms with Crippen LogP contribution in [0.15, 0.2) is 24.3 Å². The molecule has 0 aliphatic carbocycles. The lowest BCUT2D eigenvalue weighted by molar-refractivity contribution is -0.147. The number of hydrogen-bond acceptors (Lipinski definition) is 5. The summed E-state index contributed by atoms with van der Waals surface area (Å²) in [7, 11) is -2.77. The van der Waals surface area contributed by atoms with Crippen LogP contribution in [0, 0.1) is 6.92 Å². The molecule has 1 heterocycles. The van der Waals surface area contributed by atoms with Gasteiger partial charge in [0.15, 0.2) is 12.0 Å². The molecule has 0 bridgehead atoms. The van der Waals surface area contributed by atoms with E-state index >= 15 is 0 Å². The van der Waals surface area contributed by atoms with E-state index in [0.29, 0.717) is 0 Å². The standard InChI is InChI=1S/C13H19NO5S/c1-9-7-5-6-8-10(9)11-12(14-20(15,16)17-4)19-13(2,3)18-11/h5-8,11-12,14H,1-4H3. The molecule has 0 radical (unpaired) electrons. The monoisotopic (exact) mass is 301 g/mol. The van der Waals surface area contributed by atoms with Crippen molar-refractivity contribution in [3.8, 4) is 0 Å². The third-order valence-corrected chi connectivity index (χ3v) is 4.03. The highest BCUT2D eigenvalue weighted by Gasteiger charge is 2.44. The van der Waals surface area contributed by atoms with Crippen LogP contribution in [0.5, 0.6) is 0 Å². The zero-order valence-corrected chi connectivity index (χ0v) is 12.7. The molecule has 1 aliphatic heterocycles. The van der Waals surface area contributed by atoms with Crippen molar-refractivity contribution in [1.29, 1.82) is 0 Å². The maximum Gasteiger partial charge on any atom is 0.337 e. The highest BCUT2D eigenvalue weighted by atomic mass is 32.2. The number of ether oxygens (including phenoxy) is 2. The molecule has 0 aromatic heterocycles. The highest BCUT2D eigenvalue weighted by molar-refractivity contribution is 7.84. The molecule has 0 amide bonds. The van der Waals surface area contributed by atoms with Crippen molar-refractivity contribution in [3.63, 3.8) is 0 Å². The number of rotatable bonds is 4. The summed E-state index contributed by atoms with van der Waals surface area (Å²) in [5, 5.41) is 0. The Balaban J connectivity index is 2.32. The van der Waals surface area contributed by atoms with E-state index in [0.717, 1.165) is 18.2 Å². The summed E-state index contributed by atoms with van der Waals surface area (Å²) < 4.78 is 41.3. The van der Waals surface area contributed by atoms with Gasteiger partial charge in [0, 0.05) is 0 Å². The Morgan fingerprint density at radius 2 is 1.90 bits per heavy atom. The first-order valence-corrected chi connectivity index (χ1v) is 7.64. The Morgan fingerprint density at radius 3 is 2.50 bits per heavy atom. The maximum absolute atomic E-state index is 11.6. The minimum Gasteiger partial charge on any atom is -0.338 e. The van der Waals surface area contributed by atoms with Crippen LogP contribution in [0.1, 0.15) is 31.1 Å². The van der Waals surface area contributed by atoms with Gasteiger partial charge in [-0.2, -0.15) is 13.1 Å². The van der Waals surface area contributed by atoms with Crippen molar-refractivity contribution in [3.05, 3.63) is 35.4 Å². The van der Waals surface area contributed by atoms with Crippen molar-refractivity contribution >= 4 is 10.3 Å². The lowest BCUT2D eigenvalue weighted by Crippen LogP contribution is -2.39. The lowest BCUT2D eigenvalue weighted by Gasteiger charge is -2.19. The summed E-state index contributed by atoms with van der Waals surface area (Å²) in [5.41, 5.74) is 1.88. The van der Waals surface area contributed by atoms with Gasteiger partial charge in [0.1, 0.15) is 6.10 Å². The summed E-state index contributed by atoms with van der Waals surface area (Å²) in [6, 6.07) is 7.61. The van der Waals surface area contributed by atoms with Crippen LogP contribution in [0.25, 0.3) is 0 Å². The topological polar surface area (TPSA) is 73.9 Å². The van der Waals surface area contributed by atoms with Gasteiger partial charge in [-0.3, -0.25) is 4.18 Å². The molecule has 1 aromatic rings. The molecule has 1 N–H and O–H groups in total. The smallest absolute Gasteiger partial charge is 0.337 e. The molecule has 1 saturated heterocycles. The molecule has 6 nitrogen and oxygen atoms in total. The first-order chi connectivity index (χ1) is 9.24. The fourth-order valence-corrected chi connectivity index (χ4v) is 2.72. The highest BCUT2D eigenvalue weighted by Crippen LogP contribution is 2.38. The van der Waals surface area contributed by atoms with Crippen LogP contribution in [0.3, 0.4) is 0 Å². The van der Waals surface area contributed by atoms with Crippen LogP contribution in [0.4, 0.5) is 0 Å². The largest absolute Gasteiger partial charge is 0.338 e. The lowest BCUT2D eigenvalue weighted by atomic mass is 10.0. The molecular weight excluding hydrogens is 282 g/mol. The van der Waals surface area contributed by atoms with Gasteiger partial charge in [-0.15, -0.1) is 0 Å². The Kier molecular flexibility index (Phi) is 4.17. The normalized spacial score (nSPS) is 25.8. The van der Waals surface area contributed by atoms with Crippen LogP contribution in [-0.2, 0) is 24.0 Å². The molecule has 1 aromatic carbocycles. The molecule has 2 atom stereocenters. The molecule has 20 heavy (non-hydrogen) atoms. The second-order valence-electron chi connectivity index (χ2n) is 5.07. The number of nitrogens with one attached hydrogen (secondary N) is 1. The molecular formula is C13H19NO5S. The molecule has 0 spiro atoms. The van der Waals surface area contributed by atoms with Gasteiger partial charge >= 0.3 is 10.3 Å². The Hall–Kier alpha value is -0.990. The van der Waals surface area contributed by atoms with Crippen molar-refractivity contribution in [1.82, 2.24) is 4.72 Å². The van der Waals surface area contributed by atoms with Gasteiger partial charge in [0.2, 0.25) is 0 Å². The van der Waals surface area contributed by atoms with Crippen LogP contribution in [0.2, 0.25) is 0 Å². The summed E-state index contributed by atoms with van der Waals surface area (Å²) >= 11 is 0. The van der Waals surface area contributed by atoms with Crippen LogP contribution >= 0.6 is 0 Å². The second-order valence-corrected chi connectivity index (χ2v) is 6.55. The number of benzene rings is 1. The quantitative estimate of drug-likeness (QED) is 0.915. The first-order valence-electron chi connectivity index (χ1n) is 6.23. The van der Waals surface area contributed by atoms with E-state index in [1.807, 2.05) is 31.2 Å². The van der Waals surface area contributed by atoms with Crippen LogP contribution in [-0.4, -0.2) is 27.5 Å². The van der Waals surface area contributed by atoms with Gasteiger partial charge in [-0.05, 0) is 31.9 Å². The van der Waals surface area contributed by atoms with Crippen molar-refractivity contribution < 1.29 is 22.1 Å². The summed E-state index contributed by atoms with van der Waals surface area (Å²) in [6.07, 6.45) is -1.37. The summed E-state index contributed by atoms with van der Waals surface area (Å²) in [4.78, 5) is 0. The molecule has 2 unspecified atom stereocenters. The summed E-state index contributed by atoms with van der Waals surface area (Å²) in [6.45, 7) is 5.41. The fraction of sp³-hybridized carbons (Fsp3) is 0.538. The van der Waals surface area contributed by atoms with E-state index in [1.54, 1.807) is 13.8 Å².